The minimum Gasteiger partial charge on any atom is -0.352 e. The van der Waals surface area contributed by atoms with Crippen molar-refractivity contribution in [3.05, 3.63) is 65.2 Å². The van der Waals surface area contributed by atoms with Gasteiger partial charge in [0.05, 0.1) is 11.9 Å². The SMILES string of the molecule is Cc1ccccc1CN(C(=O)CN(c1ccc(F)c(F)c1)S(C)(=O)=O)[C@@H](C)C(=O)NC(C)C. The number of aryl methyl sites for hydroxylation is 1. The van der Waals surface area contributed by atoms with Crippen LogP contribution >= 0.6 is 0 Å². The van der Waals surface area contributed by atoms with E-state index in [4.69, 9.17) is 0 Å². The molecule has 0 saturated heterocycles. The first-order valence-electron chi connectivity index (χ1n) is 10.4. The number of sulfonamides is 1. The minimum absolute atomic E-state index is 0.0631. The van der Waals surface area contributed by atoms with Crippen LogP contribution < -0.4 is 9.62 Å². The standard InChI is InChI=1S/C23H29F2N3O4S/c1-15(2)26-23(30)17(4)27(13-18-9-7-6-8-16(18)3)22(29)14-28(33(5,31)32)19-10-11-20(24)21(25)12-19/h6-12,15,17H,13-14H2,1-5H3,(H,26,30)/t17-/m0/s1. The number of carbonyl (C=O) groups excluding carboxylic acids is 2. The second-order valence-corrected chi connectivity index (χ2v) is 10.1. The molecule has 1 atom stereocenters. The summed E-state index contributed by atoms with van der Waals surface area (Å²) in [6.07, 6.45) is 0.863. The molecule has 1 N–H and O–H groups in total. The first kappa shape index (κ1) is 26.2. The molecular formula is C23H29F2N3O4S. The fourth-order valence-corrected chi connectivity index (χ4v) is 4.05. The Labute approximate surface area is 193 Å². The third-order valence-corrected chi connectivity index (χ3v) is 6.21. The topological polar surface area (TPSA) is 86.8 Å². The van der Waals surface area contributed by atoms with E-state index in [1.54, 1.807) is 26.8 Å². The van der Waals surface area contributed by atoms with Crippen LogP contribution in [-0.2, 0) is 26.2 Å². The van der Waals surface area contributed by atoms with Crippen molar-refractivity contribution in [3.63, 3.8) is 0 Å². The van der Waals surface area contributed by atoms with Gasteiger partial charge in [0.2, 0.25) is 21.8 Å². The summed E-state index contributed by atoms with van der Waals surface area (Å²) in [7, 11) is -4.03. The van der Waals surface area contributed by atoms with Crippen LogP contribution in [0, 0.1) is 18.6 Å². The van der Waals surface area contributed by atoms with E-state index in [0.29, 0.717) is 10.4 Å². The summed E-state index contributed by atoms with van der Waals surface area (Å²) < 4.78 is 52.6. The van der Waals surface area contributed by atoms with E-state index in [-0.39, 0.29) is 18.3 Å². The van der Waals surface area contributed by atoms with Crippen molar-refractivity contribution in [3.8, 4) is 0 Å². The number of nitrogens with zero attached hydrogens (tertiary/aromatic N) is 2. The predicted octanol–water partition coefficient (Wildman–Crippen LogP) is 2.98. The molecule has 180 valence electrons. The molecule has 7 nitrogen and oxygen atoms in total. The maximum Gasteiger partial charge on any atom is 0.244 e. The molecule has 10 heteroatoms. The molecule has 0 radical (unpaired) electrons. The number of carbonyl (C=O) groups is 2. The van der Waals surface area contributed by atoms with Gasteiger partial charge in [-0.2, -0.15) is 0 Å². The molecule has 33 heavy (non-hydrogen) atoms. The van der Waals surface area contributed by atoms with E-state index < -0.39 is 46.1 Å². The third-order valence-electron chi connectivity index (χ3n) is 5.07. The molecule has 0 fully saturated rings. The lowest BCUT2D eigenvalue weighted by Crippen LogP contribution is -2.52. The van der Waals surface area contributed by atoms with Crippen LogP contribution in [-0.4, -0.2) is 50.0 Å². The lowest BCUT2D eigenvalue weighted by Gasteiger charge is -2.32. The Morgan fingerprint density at radius 3 is 2.21 bits per heavy atom. The smallest absolute Gasteiger partial charge is 0.244 e. The summed E-state index contributed by atoms with van der Waals surface area (Å²) in [5.74, 6) is -3.45. The number of hydrogen-bond donors (Lipinski definition) is 1. The monoisotopic (exact) mass is 481 g/mol. The summed E-state index contributed by atoms with van der Waals surface area (Å²) in [6, 6.07) is 8.82. The Morgan fingerprint density at radius 2 is 1.67 bits per heavy atom. The zero-order valence-electron chi connectivity index (χ0n) is 19.3. The molecule has 0 aromatic heterocycles. The molecule has 0 unspecified atom stereocenters. The van der Waals surface area contributed by atoms with E-state index in [2.05, 4.69) is 5.32 Å². The molecule has 0 saturated carbocycles. The van der Waals surface area contributed by atoms with E-state index >= 15 is 0 Å². The van der Waals surface area contributed by atoms with Crippen molar-refractivity contribution in [2.24, 2.45) is 0 Å². The molecule has 2 amide bonds. The highest BCUT2D eigenvalue weighted by Crippen LogP contribution is 2.22. The highest BCUT2D eigenvalue weighted by molar-refractivity contribution is 7.92. The molecule has 0 aliphatic rings. The number of nitrogens with one attached hydrogen (secondary N) is 1. The van der Waals surface area contributed by atoms with Crippen LogP contribution in [0.1, 0.15) is 31.9 Å². The van der Waals surface area contributed by atoms with Crippen LogP contribution in [0.5, 0.6) is 0 Å². The molecular weight excluding hydrogens is 452 g/mol. The van der Waals surface area contributed by atoms with Crippen LogP contribution in [0.4, 0.5) is 14.5 Å². The summed E-state index contributed by atoms with van der Waals surface area (Å²) in [4.78, 5) is 27.3. The Bertz CT molecular complexity index is 1120. The van der Waals surface area contributed by atoms with Gasteiger partial charge in [-0.3, -0.25) is 13.9 Å². The van der Waals surface area contributed by atoms with E-state index in [0.717, 1.165) is 29.5 Å². The molecule has 0 aliphatic carbocycles. The number of hydrogen-bond acceptors (Lipinski definition) is 4. The normalized spacial score (nSPS) is 12.4. The second kappa shape index (κ2) is 10.7. The Morgan fingerprint density at radius 1 is 1.03 bits per heavy atom. The van der Waals surface area contributed by atoms with Crippen molar-refractivity contribution in [1.29, 1.82) is 0 Å². The van der Waals surface area contributed by atoms with Crippen molar-refractivity contribution in [1.82, 2.24) is 10.2 Å². The highest BCUT2D eigenvalue weighted by Gasteiger charge is 2.30. The van der Waals surface area contributed by atoms with Crippen molar-refractivity contribution in [2.75, 3.05) is 17.1 Å². The van der Waals surface area contributed by atoms with Crippen LogP contribution in [0.2, 0.25) is 0 Å². The zero-order valence-corrected chi connectivity index (χ0v) is 20.1. The van der Waals surface area contributed by atoms with E-state index in [1.165, 1.54) is 4.90 Å². The molecule has 0 bridgehead atoms. The van der Waals surface area contributed by atoms with Crippen molar-refractivity contribution in [2.45, 2.75) is 46.3 Å². The average Bonchev–Trinajstić information content (AvgIpc) is 2.71. The fraction of sp³-hybridized carbons (Fsp3) is 0.391. The molecule has 0 heterocycles. The van der Waals surface area contributed by atoms with Crippen molar-refractivity contribution >= 4 is 27.5 Å². The first-order valence-corrected chi connectivity index (χ1v) is 12.2. The quantitative estimate of drug-likeness (QED) is 0.597. The molecule has 2 aromatic rings. The van der Waals surface area contributed by atoms with E-state index in [9.17, 15) is 26.8 Å². The summed E-state index contributed by atoms with van der Waals surface area (Å²) >= 11 is 0. The van der Waals surface area contributed by atoms with Gasteiger partial charge in [0.1, 0.15) is 12.6 Å². The van der Waals surface area contributed by atoms with E-state index in [1.807, 2.05) is 25.1 Å². The fourth-order valence-electron chi connectivity index (χ4n) is 3.21. The number of rotatable bonds is 9. The van der Waals surface area contributed by atoms with Gasteiger partial charge in [0.25, 0.3) is 0 Å². The van der Waals surface area contributed by atoms with Gasteiger partial charge in [0, 0.05) is 18.7 Å². The molecule has 0 spiro atoms. The van der Waals surface area contributed by atoms with Gasteiger partial charge in [-0.25, -0.2) is 17.2 Å². The minimum atomic E-state index is -4.03. The summed E-state index contributed by atoms with van der Waals surface area (Å²) in [5.41, 5.74) is 1.49. The zero-order chi connectivity index (χ0) is 24.9. The third kappa shape index (κ3) is 6.98. The number of benzene rings is 2. The van der Waals surface area contributed by atoms with Gasteiger partial charge in [-0.1, -0.05) is 24.3 Å². The maximum absolute atomic E-state index is 13.8. The largest absolute Gasteiger partial charge is 0.352 e. The number of halogens is 2. The van der Waals surface area contributed by atoms with Crippen LogP contribution in [0.3, 0.4) is 0 Å². The van der Waals surface area contributed by atoms with Crippen LogP contribution in [0.25, 0.3) is 0 Å². The van der Waals surface area contributed by atoms with Gasteiger partial charge in [0.15, 0.2) is 11.6 Å². The Hall–Kier alpha value is -3.01. The van der Waals surface area contributed by atoms with Gasteiger partial charge < -0.3 is 10.2 Å². The number of amides is 2. The molecule has 2 rings (SSSR count). The second-order valence-electron chi connectivity index (χ2n) is 8.16. The van der Waals surface area contributed by atoms with Gasteiger partial charge >= 0.3 is 0 Å². The van der Waals surface area contributed by atoms with Crippen molar-refractivity contribution < 1.29 is 26.8 Å². The Kier molecular flexibility index (Phi) is 8.54. The lowest BCUT2D eigenvalue weighted by molar-refractivity contribution is -0.139. The van der Waals surface area contributed by atoms with Crippen LogP contribution in [0.15, 0.2) is 42.5 Å². The average molecular weight is 482 g/mol. The maximum atomic E-state index is 13.8. The summed E-state index contributed by atoms with van der Waals surface area (Å²) in [6.45, 7) is 6.36. The lowest BCUT2D eigenvalue weighted by atomic mass is 10.1. The molecule has 2 aromatic carbocycles. The highest BCUT2D eigenvalue weighted by atomic mass is 32.2. The van der Waals surface area contributed by atoms with Gasteiger partial charge in [-0.05, 0) is 51.0 Å². The van der Waals surface area contributed by atoms with Gasteiger partial charge in [-0.15, -0.1) is 0 Å². The molecule has 0 aliphatic heterocycles. The Balaban J connectivity index is 2.43. The predicted molar refractivity (Wildman–Crippen MR) is 123 cm³/mol. The number of anilines is 1. The first-order chi connectivity index (χ1) is 15.3. The summed E-state index contributed by atoms with van der Waals surface area (Å²) in [5, 5.41) is 2.75.